The van der Waals surface area contributed by atoms with Gasteiger partial charge in [0.1, 0.15) is 18.2 Å². The lowest BCUT2D eigenvalue weighted by molar-refractivity contribution is -0.123. The third-order valence-corrected chi connectivity index (χ3v) is 7.50. The van der Waals surface area contributed by atoms with Crippen molar-refractivity contribution in [3.8, 4) is 5.75 Å². The van der Waals surface area contributed by atoms with Gasteiger partial charge in [-0.1, -0.05) is 84.9 Å². The zero-order valence-electron chi connectivity index (χ0n) is 20.3. The normalized spacial score (nSPS) is 14.7. The average molecular weight is 520 g/mol. The van der Waals surface area contributed by atoms with Gasteiger partial charge in [0.05, 0.1) is 11.4 Å². The van der Waals surface area contributed by atoms with Crippen molar-refractivity contribution in [1.29, 1.82) is 0 Å². The summed E-state index contributed by atoms with van der Waals surface area (Å²) >= 11 is 0.936. The van der Waals surface area contributed by atoms with Crippen LogP contribution in [0.5, 0.6) is 5.75 Å². The Labute approximate surface area is 223 Å². The van der Waals surface area contributed by atoms with Crippen molar-refractivity contribution in [1.82, 2.24) is 4.90 Å². The molecule has 0 N–H and O–H groups in total. The maximum absolute atomic E-state index is 13.5. The fourth-order valence-electron chi connectivity index (χ4n) is 4.66. The highest BCUT2D eigenvalue weighted by Gasteiger charge is 2.35. The first kappa shape index (κ1) is 23.9. The van der Waals surface area contributed by atoms with Crippen LogP contribution in [0, 0.1) is 5.82 Å². The Morgan fingerprint density at radius 2 is 1.45 bits per heavy atom. The Hall–Kier alpha value is -4.42. The molecule has 0 spiro atoms. The van der Waals surface area contributed by atoms with Gasteiger partial charge in [-0.2, -0.15) is 0 Å². The summed E-state index contributed by atoms with van der Waals surface area (Å²) in [5, 5.41) is 3.67. The SMILES string of the molecule is O=C1S/C(=C/c2c(OCc3ccc(F)cc3)ccc3ccccc23)C(=O)N1Cc1cccc2ccccc12. The van der Waals surface area contributed by atoms with E-state index in [-0.39, 0.29) is 30.1 Å². The highest BCUT2D eigenvalue weighted by Crippen LogP contribution is 2.38. The van der Waals surface area contributed by atoms with E-state index >= 15 is 0 Å². The molecule has 1 aliphatic heterocycles. The van der Waals surface area contributed by atoms with Crippen LogP contribution in [0.25, 0.3) is 27.6 Å². The molecule has 1 aliphatic rings. The number of imide groups is 1. The fourth-order valence-corrected chi connectivity index (χ4v) is 5.48. The third-order valence-electron chi connectivity index (χ3n) is 6.60. The first-order valence-electron chi connectivity index (χ1n) is 12.2. The molecule has 1 fully saturated rings. The van der Waals surface area contributed by atoms with Crippen molar-refractivity contribution >= 4 is 50.5 Å². The summed E-state index contributed by atoms with van der Waals surface area (Å²) in [5.74, 6) is -0.0569. The van der Waals surface area contributed by atoms with Gasteiger partial charge in [-0.3, -0.25) is 14.5 Å². The van der Waals surface area contributed by atoms with Crippen molar-refractivity contribution in [3.05, 3.63) is 131 Å². The lowest BCUT2D eigenvalue weighted by atomic mass is 10.0. The molecule has 0 aliphatic carbocycles. The second kappa shape index (κ2) is 10.1. The minimum atomic E-state index is -0.328. The van der Waals surface area contributed by atoms with E-state index in [0.717, 1.165) is 50.0 Å². The molecule has 186 valence electrons. The van der Waals surface area contributed by atoms with Crippen LogP contribution in [0.1, 0.15) is 16.7 Å². The average Bonchev–Trinajstić information content (AvgIpc) is 3.21. The topological polar surface area (TPSA) is 46.6 Å². The largest absolute Gasteiger partial charge is 0.488 e. The summed E-state index contributed by atoms with van der Waals surface area (Å²) in [4.78, 5) is 28.1. The molecular weight excluding hydrogens is 497 g/mol. The van der Waals surface area contributed by atoms with Gasteiger partial charge >= 0.3 is 0 Å². The molecule has 38 heavy (non-hydrogen) atoms. The zero-order valence-corrected chi connectivity index (χ0v) is 21.1. The van der Waals surface area contributed by atoms with Gasteiger partial charge in [-0.25, -0.2) is 4.39 Å². The predicted octanol–water partition coefficient (Wildman–Crippen LogP) is 7.95. The van der Waals surface area contributed by atoms with Crippen molar-refractivity contribution in [2.24, 2.45) is 0 Å². The molecule has 5 aromatic carbocycles. The van der Waals surface area contributed by atoms with Gasteiger partial charge in [-0.05, 0) is 68.7 Å². The molecule has 6 rings (SSSR count). The number of nitrogens with zero attached hydrogens (tertiary/aromatic N) is 1. The Balaban J connectivity index is 1.33. The maximum atomic E-state index is 13.5. The van der Waals surface area contributed by atoms with Crippen LogP contribution in [-0.2, 0) is 17.9 Å². The molecule has 0 unspecified atom stereocenters. The van der Waals surface area contributed by atoms with Gasteiger partial charge in [-0.15, -0.1) is 0 Å². The minimum absolute atomic E-state index is 0.201. The summed E-state index contributed by atoms with van der Waals surface area (Å²) in [6, 6.07) is 31.6. The number of halogens is 1. The molecule has 0 radical (unpaired) electrons. The van der Waals surface area contributed by atoms with Gasteiger partial charge in [0.15, 0.2) is 0 Å². The standard InChI is InChI=1S/C32H22FNO3S/c33-25-15-12-21(13-16-25)20-37-29-17-14-23-7-2-4-11-27(23)28(29)18-30-31(35)34(32(36)38-30)19-24-9-5-8-22-6-1-3-10-26(22)24/h1-18H,19-20H2/b30-18+. The number of benzene rings is 5. The molecule has 0 saturated carbocycles. The van der Waals surface area contributed by atoms with E-state index in [2.05, 4.69) is 0 Å². The summed E-state index contributed by atoms with van der Waals surface area (Å²) in [6.45, 7) is 0.439. The van der Waals surface area contributed by atoms with Crippen LogP contribution >= 0.6 is 11.8 Å². The van der Waals surface area contributed by atoms with Crippen LogP contribution in [0.3, 0.4) is 0 Å². The lowest BCUT2D eigenvalue weighted by Crippen LogP contribution is -2.27. The van der Waals surface area contributed by atoms with Gasteiger partial charge < -0.3 is 4.74 Å². The second-order valence-electron chi connectivity index (χ2n) is 9.02. The summed E-state index contributed by atoms with van der Waals surface area (Å²) in [7, 11) is 0. The minimum Gasteiger partial charge on any atom is -0.488 e. The highest BCUT2D eigenvalue weighted by molar-refractivity contribution is 8.18. The van der Waals surface area contributed by atoms with E-state index in [4.69, 9.17) is 4.74 Å². The molecular formula is C32H22FNO3S. The van der Waals surface area contributed by atoms with E-state index in [0.29, 0.717) is 10.7 Å². The van der Waals surface area contributed by atoms with E-state index in [9.17, 15) is 14.0 Å². The molecule has 4 nitrogen and oxygen atoms in total. The zero-order chi connectivity index (χ0) is 26.1. The molecule has 2 amide bonds. The van der Waals surface area contributed by atoms with Crippen LogP contribution in [0.15, 0.2) is 108 Å². The second-order valence-corrected chi connectivity index (χ2v) is 10.0. The molecule has 0 atom stereocenters. The van der Waals surface area contributed by atoms with Crippen molar-refractivity contribution in [2.75, 3.05) is 0 Å². The van der Waals surface area contributed by atoms with E-state index in [1.165, 1.54) is 17.0 Å². The Morgan fingerprint density at radius 1 is 0.763 bits per heavy atom. The molecule has 6 heteroatoms. The lowest BCUT2D eigenvalue weighted by Gasteiger charge is -2.15. The maximum Gasteiger partial charge on any atom is 0.293 e. The molecule has 1 heterocycles. The number of rotatable bonds is 6. The molecule has 5 aromatic rings. The summed E-state index contributed by atoms with van der Waals surface area (Å²) in [6.07, 6.45) is 1.75. The number of ether oxygens (including phenoxy) is 1. The number of carbonyl (C=O) groups is 2. The number of amides is 2. The molecule has 0 bridgehead atoms. The first-order valence-corrected chi connectivity index (χ1v) is 13.0. The monoisotopic (exact) mass is 519 g/mol. The van der Waals surface area contributed by atoms with E-state index in [1.807, 2.05) is 78.9 Å². The third kappa shape index (κ3) is 4.66. The van der Waals surface area contributed by atoms with E-state index in [1.54, 1.807) is 18.2 Å². The van der Waals surface area contributed by atoms with E-state index < -0.39 is 0 Å². The van der Waals surface area contributed by atoms with Crippen molar-refractivity contribution < 1.29 is 18.7 Å². The quantitative estimate of drug-likeness (QED) is 0.214. The number of fused-ring (bicyclic) bond motifs is 2. The van der Waals surface area contributed by atoms with Gasteiger partial charge in [0.2, 0.25) is 0 Å². The van der Waals surface area contributed by atoms with Crippen LogP contribution in [0.2, 0.25) is 0 Å². The molecule has 1 saturated heterocycles. The van der Waals surface area contributed by atoms with Crippen LogP contribution in [-0.4, -0.2) is 16.0 Å². The van der Waals surface area contributed by atoms with Crippen LogP contribution < -0.4 is 4.74 Å². The Kier molecular flexibility index (Phi) is 6.40. The number of hydrogen-bond donors (Lipinski definition) is 0. The predicted molar refractivity (Wildman–Crippen MR) is 150 cm³/mol. The van der Waals surface area contributed by atoms with Gasteiger partial charge in [0.25, 0.3) is 11.1 Å². The highest BCUT2D eigenvalue weighted by atomic mass is 32.2. The summed E-state index contributed by atoms with van der Waals surface area (Å²) in [5.41, 5.74) is 2.46. The van der Waals surface area contributed by atoms with Crippen molar-refractivity contribution in [3.63, 3.8) is 0 Å². The van der Waals surface area contributed by atoms with Crippen molar-refractivity contribution in [2.45, 2.75) is 13.2 Å². The Morgan fingerprint density at radius 3 is 2.24 bits per heavy atom. The number of carbonyl (C=O) groups excluding carboxylic acids is 2. The first-order chi connectivity index (χ1) is 18.6. The fraction of sp³-hybridized carbons (Fsp3) is 0.0625. The summed E-state index contributed by atoms with van der Waals surface area (Å²) < 4.78 is 19.4. The number of thioether (sulfide) groups is 1. The Bertz CT molecular complexity index is 1720. The molecule has 0 aromatic heterocycles. The van der Waals surface area contributed by atoms with Crippen LogP contribution in [0.4, 0.5) is 9.18 Å². The smallest absolute Gasteiger partial charge is 0.293 e. The number of hydrogen-bond acceptors (Lipinski definition) is 4. The van der Waals surface area contributed by atoms with Gasteiger partial charge in [0, 0.05) is 5.56 Å².